The van der Waals surface area contributed by atoms with E-state index in [4.69, 9.17) is 4.74 Å². The second-order valence-corrected chi connectivity index (χ2v) is 7.90. The van der Waals surface area contributed by atoms with Crippen molar-refractivity contribution in [2.75, 3.05) is 39.3 Å². The van der Waals surface area contributed by atoms with E-state index in [1.54, 1.807) is 0 Å². The Morgan fingerprint density at radius 1 is 1.12 bits per heavy atom. The Morgan fingerprint density at radius 2 is 1.73 bits per heavy atom. The van der Waals surface area contributed by atoms with Crippen LogP contribution < -0.4 is 4.74 Å². The molecule has 1 aromatic rings. The predicted octanol–water partition coefficient (Wildman–Crippen LogP) is 2.38. The van der Waals surface area contributed by atoms with Crippen molar-refractivity contribution < 1.29 is 14.6 Å². The summed E-state index contributed by atoms with van der Waals surface area (Å²) in [6.07, 6.45) is 4.00. The molecule has 1 atom stereocenters. The Labute approximate surface area is 156 Å². The molecule has 1 amide bonds. The van der Waals surface area contributed by atoms with E-state index in [-0.39, 0.29) is 5.92 Å². The summed E-state index contributed by atoms with van der Waals surface area (Å²) in [6, 6.07) is 6.09. The van der Waals surface area contributed by atoms with Crippen LogP contribution in [0.15, 0.2) is 18.2 Å². The zero-order chi connectivity index (χ0) is 18.5. The van der Waals surface area contributed by atoms with Crippen molar-refractivity contribution in [1.82, 2.24) is 9.80 Å². The van der Waals surface area contributed by atoms with Crippen LogP contribution in [-0.4, -0.2) is 66.2 Å². The Morgan fingerprint density at radius 3 is 2.35 bits per heavy atom. The molecule has 0 bridgehead atoms. The number of amides is 1. The molecule has 1 unspecified atom stereocenters. The maximum Gasteiger partial charge on any atom is 0.225 e. The number of aliphatic hydroxyl groups excluding tert-OH is 1. The molecule has 0 spiro atoms. The number of carbonyl (C=O) groups is 1. The van der Waals surface area contributed by atoms with Crippen LogP contribution in [0, 0.1) is 19.8 Å². The fraction of sp³-hybridized carbons (Fsp3) is 0.667. The van der Waals surface area contributed by atoms with Crippen LogP contribution >= 0.6 is 0 Å². The van der Waals surface area contributed by atoms with E-state index in [2.05, 4.69) is 11.0 Å². The SMILES string of the molecule is Cc1cc(C)cc(OCC(O)CN2CCN(C(=O)C3CCCC3)CC2)c1. The van der Waals surface area contributed by atoms with Crippen molar-refractivity contribution in [1.29, 1.82) is 0 Å². The van der Waals surface area contributed by atoms with Gasteiger partial charge in [0.1, 0.15) is 18.5 Å². The molecule has 1 saturated carbocycles. The molecule has 144 valence electrons. The van der Waals surface area contributed by atoms with Gasteiger partial charge in [0.25, 0.3) is 0 Å². The minimum Gasteiger partial charge on any atom is -0.491 e. The molecule has 1 aliphatic heterocycles. The largest absolute Gasteiger partial charge is 0.491 e. The van der Waals surface area contributed by atoms with Gasteiger partial charge in [0.2, 0.25) is 5.91 Å². The normalized spacial score (nSPS) is 20.3. The molecule has 0 aromatic heterocycles. The smallest absolute Gasteiger partial charge is 0.225 e. The molecule has 1 aliphatic carbocycles. The number of benzene rings is 1. The van der Waals surface area contributed by atoms with E-state index >= 15 is 0 Å². The van der Waals surface area contributed by atoms with Gasteiger partial charge in [0, 0.05) is 38.6 Å². The lowest BCUT2D eigenvalue weighted by Crippen LogP contribution is -2.52. The molecule has 1 aromatic carbocycles. The highest BCUT2D eigenvalue weighted by Gasteiger charge is 2.29. The number of rotatable bonds is 6. The van der Waals surface area contributed by atoms with Crippen LogP contribution in [0.1, 0.15) is 36.8 Å². The first-order valence-electron chi connectivity index (χ1n) is 9.91. The summed E-state index contributed by atoms with van der Waals surface area (Å²) in [5.41, 5.74) is 2.33. The summed E-state index contributed by atoms with van der Waals surface area (Å²) in [5, 5.41) is 10.3. The lowest BCUT2D eigenvalue weighted by molar-refractivity contribution is -0.137. The number of β-amino-alcohol motifs (C(OH)–C–C–N with tert-alkyl or cyclic N) is 1. The molecule has 1 N–H and O–H groups in total. The van der Waals surface area contributed by atoms with E-state index in [9.17, 15) is 9.90 Å². The molecule has 26 heavy (non-hydrogen) atoms. The van der Waals surface area contributed by atoms with Gasteiger partial charge in [0.15, 0.2) is 0 Å². The molecule has 1 heterocycles. The summed E-state index contributed by atoms with van der Waals surface area (Å²) in [4.78, 5) is 16.7. The summed E-state index contributed by atoms with van der Waals surface area (Å²) in [6.45, 7) is 8.20. The number of aryl methyl sites for hydroxylation is 2. The van der Waals surface area contributed by atoms with Crippen molar-refractivity contribution in [2.24, 2.45) is 5.92 Å². The van der Waals surface area contributed by atoms with Crippen molar-refractivity contribution in [3.63, 3.8) is 0 Å². The highest BCUT2D eigenvalue weighted by atomic mass is 16.5. The average molecular weight is 360 g/mol. The fourth-order valence-corrected chi connectivity index (χ4v) is 4.14. The van der Waals surface area contributed by atoms with Crippen molar-refractivity contribution >= 4 is 5.91 Å². The maximum atomic E-state index is 12.5. The minimum absolute atomic E-state index is 0.262. The fourth-order valence-electron chi connectivity index (χ4n) is 4.14. The first-order valence-corrected chi connectivity index (χ1v) is 9.91. The van der Waals surface area contributed by atoms with Gasteiger partial charge in [0.05, 0.1) is 0 Å². The third kappa shape index (κ3) is 5.21. The van der Waals surface area contributed by atoms with Crippen LogP contribution in [0.5, 0.6) is 5.75 Å². The standard InChI is InChI=1S/C21H32N2O3/c1-16-11-17(2)13-20(12-16)26-15-19(24)14-22-7-9-23(10-8-22)21(25)18-5-3-4-6-18/h11-13,18-19,24H,3-10,14-15H2,1-2H3. The summed E-state index contributed by atoms with van der Waals surface area (Å²) < 4.78 is 5.76. The molecular formula is C21H32N2O3. The number of hydrogen-bond acceptors (Lipinski definition) is 4. The van der Waals surface area contributed by atoms with E-state index in [0.717, 1.165) is 55.9 Å². The van der Waals surface area contributed by atoms with Crippen LogP contribution in [0.3, 0.4) is 0 Å². The van der Waals surface area contributed by atoms with Gasteiger partial charge in [-0.2, -0.15) is 0 Å². The molecular weight excluding hydrogens is 328 g/mol. The van der Waals surface area contributed by atoms with Gasteiger partial charge in [-0.1, -0.05) is 18.9 Å². The van der Waals surface area contributed by atoms with Crippen LogP contribution in [0.2, 0.25) is 0 Å². The van der Waals surface area contributed by atoms with Crippen LogP contribution in [0.4, 0.5) is 0 Å². The summed E-state index contributed by atoms with van der Waals surface area (Å²) in [7, 11) is 0. The van der Waals surface area contributed by atoms with Crippen molar-refractivity contribution in [3.05, 3.63) is 29.3 Å². The van der Waals surface area contributed by atoms with Crippen LogP contribution in [0.25, 0.3) is 0 Å². The average Bonchev–Trinajstić information content (AvgIpc) is 3.14. The van der Waals surface area contributed by atoms with Gasteiger partial charge >= 0.3 is 0 Å². The lowest BCUT2D eigenvalue weighted by Gasteiger charge is -2.36. The third-order valence-electron chi connectivity index (χ3n) is 5.49. The molecule has 2 aliphatic rings. The van der Waals surface area contributed by atoms with Gasteiger partial charge in [-0.3, -0.25) is 9.69 Å². The van der Waals surface area contributed by atoms with Gasteiger partial charge < -0.3 is 14.7 Å². The zero-order valence-corrected chi connectivity index (χ0v) is 16.1. The summed E-state index contributed by atoms with van der Waals surface area (Å²) in [5.74, 6) is 1.42. The molecule has 5 heteroatoms. The number of hydrogen-bond donors (Lipinski definition) is 1. The maximum absolute atomic E-state index is 12.5. The molecule has 5 nitrogen and oxygen atoms in total. The van der Waals surface area contributed by atoms with Gasteiger partial charge in [-0.05, 0) is 49.9 Å². The third-order valence-corrected chi connectivity index (χ3v) is 5.49. The predicted molar refractivity (Wildman–Crippen MR) is 102 cm³/mol. The highest BCUT2D eigenvalue weighted by molar-refractivity contribution is 5.79. The number of ether oxygens (including phenoxy) is 1. The molecule has 3 rings (SSSR count). The minimum atomic E-state index is -0.520. The second kappa shape index (κ2) is 8.87. The van der Waals surface area contributed by atoms with Crippen LogP contribution in [-0.2, 0) is 4.79 Å². The Kier molecular flexibility index (Phi) is 6.54. The lowest BCUT2D eigenvalue weighted by atomic mass is 10.1. The molecule has 1 saturated heterocycles. The zero-order valence-electron chi connectivity index (χ0n) is 16.1. The first kappa shape index (κ1) is 19.2. The van der Waals surface area contributed by atoms with E-state index < -0.39 is 6.10 Å². The number of piperazine rings is 1. The van der Waals surface area contributed by atoms with Crippen molar-refractivity contribution in [2.45, 2.75) is 45.6 Å². The molecule has 2 fully saturated rings. The Bertz CT molecular complexity index is 585. The summed E-state index contributed by atoms with van der Waals surface area (Å²) >= 11 is 0. The number of carbonyl (C=O) groups excluding carboxylic acids is 1. The number of aliphatic hydroxyl groups is 1. The van der Waals surface area contributed by atoms with E-state index in [1.165, 1.54) is 12.8 Å². The Hall–Kier alpha value is -1.59. The first-order chi connectivity index (χ1) is 12.5. The monoisotopic (exact) mass is 360 g/mol. The van der Waals surface area contributed by atoms with Crippen molar-refractivity contribution in [3.8, 4) is 5.75 Å². The van der Waals surface area contributed by atoms with E-state index in [1.807, 2.05) is 30.9 Å². The van der Waals surface area contributed by atoms with E-state index in [0.29, 0.717) is 19.1 Å². The molecule has 0 radical (unpaired) electrons. The quantitative estimate of drug-likeness (QED) is 0.846. The second-order valence-electron chi connectivity index (χ2n) is 7.90. The highest BCUT2D eigenvalue weighted by Crippen LogP contribution is 2.27. The van der Waals surface area contributed by atoms with Gasteiger partial charge in [-0.15, -0.1) is 0 Å². The Balaban J connectivity index is 1.39. The topological polar surface area (TPSA) is 53.0 Å². The van der Waals surface area contributed by atoms with Gasteiger partial charge in [-0.25, -0.2) is 0 Å². The number of nitrogens with zero attached hydrogens (tertiary/aromatic N) is 2.